The SMILES string of the molecule is C=Cc1cc(C(F)(F)F)c2c(n1)C(=O)N(C(=O)OC(C)(C)C)C2. The van der Waals surface area contributed by atoms with Gasteiger partial charge in [0.25, 0.3) is 5.91 Å². The lowest BCUT2D eigenvalue weighted by atomic mass is 10.1. The number of rotatable bonds is 1. The summed E-state index contributed by atoms with van der Waals surface area (Å²) in [6.07, 6.45) is -4.57. The van der Waals surface area contributed by atoms with E-state index in [2.05, 4.69) is 11.6 Å². The molecule has 0 saturated heterocycles. The van der Waals surface area contributed by atoms with Gasteiger partial charge < -0.3 is 4.74 Å². The Kier molecular flexibility index (Phi) is 3.96. The van der Waals surface area contributed by atoms with E-state index in [4.69, 9.17) is 4.74 Å². The Balaban J connectivity index is 2.47. The average molecular weight is 328 g/mol. The van der Waals surface area contributed by atoms with Crippen LogP contribution in [0.3, 0.4) is 0 Å². The highest BCUT2D eigenvalue weighted by molar-refractivity contribution is 6.05. The number of nitrogens with zero attached hydrogens (tertiary/aromatic N) is 2. The third-order valence-electron chi connectivity index (χ3n) is 3.04. The van der Waals surface area contributed by atoms with Crippen molar-refractivity contribution in [1.29, 1.82) is 0 Å². The molecule has 0 unspecified atom stereocenters. The van der Waals surface area contributed by atoms with Gasteiger partial charge in [-0.05, 0) is 32.9 Å². The molecule has 0 aromatic carbocycles. The smallest absolute Gasteiger partial charge is 0.417 e. The first-order valence-electron chi connectivity index (χ1n) is 6.72. The van der Waals surface area contributed by atoms with Crippen molar-refractivity contribution in [2.75, 3.05) is 0 Å². The molecule has 2 heterocycles. The Morgan fingerprint density at radius 1 is 1.39 bits per heavy atom. The van der Waals surface area contributed by atoms with Gasteiger partial charge in [-0.2, -0.15) is 13.2 Å². The van der Waals surface area contributed by atoms with Crippen molar-refractivity contribution >= 4 is 18.1 Å². The van der Waals surface area contributed by atoms with E-state index in [1.165, 1.54) is 0 Å². The summed E-state index contributed by atoms with van der Waals surface area (Å²) in [5, 5.41) is 0. The molecule has 0 bridgehead atoms. The molecule has 0 saturated carbocycles. The van der Waals surface area contributed by atoms with Gasteiger partial charge in [-0.15, -0.1) is 0 Å². The van der Waals surface area contributed by atoms with Crippen LogP contribution in [-0.2, 0) is 17.5 Å². The largest absolute Gasteiger partial charge is 0.443 e. The van der Waals surface area contributed by atoms with Gasteiger partial charge in [0.05, 0.1) is 17.8 Å². The fourth-order valence-corrected chi connectivity index (χ4v) is 2.11. The van der Waals surface area contributed by atoms with Crippen LogP contribution in [-0.4, -0.2) is 27.5 Å². The number of carbonyl (C=O) groups excluding carboxylic acids is 2. The van der Waals surface area contributed by atoms with Crippen LogP contribution in [0.15, 0.2) is 12.6 Å². The van der Waals surface area contributed by atoms with Gasteiger partial charge in [0.1, 0.15) is 11.3 Å². The van der Waals surface area contributed by atoms with E-state index < -0.39 is 41.6 Å². The van der Waals surface area contributed by atoms with E-state index in [-0.39, 0.29) is 11.3 Å². The van der Waals surface area contributed by atoms with E-state index in [0.29, 0.717) is 4.90 Å². The summed E-state index contributed by atoms with van der Waals surface area (Å²) in [4.78, 5) is 28.7. The lowest BCUT2D eigenvalue weighted by Gasteiger charge is -2.23. The lowest BCUT2D eigenvalue weighted by molar-refractivity contribution is -0.138. The summed E-state index contributed by atoms with van der Waals surface area (Å²) >= 11 is 0. The number of alkyl halides is 3. The summed E-state index contributed by atoms with van der Waals surface area (Å²) in [7, 11) is 0. The normalized spacial score (nSPS) is 14.7. The second-order valence-electron chi connectivity index (χ2n) is 6.00. The highest BCUT2D eigenvalue weighted by Crippen LogP contribution is 2.37. The van der Waals surface area contributed by atoms with Crippen molar-refractivity contribution in [2.24, 2.45) is 0 Å². The summed E-state index contributed by atoms with van der Waals surface area (Å²) in [6, 6.07) is 0.803. The molecular weight excluding hydrogens is 313 g/mol. The maximum atomic E-state index is 13.2. The zero-order valence-corrected chi connectivity index (χ0v) is 12.8. The van der Waals surface area contributed by atoms with Crippen molar-refractivity contribution in [1.82, 2.24) is 9.88 Å². The molecule has 0 fully saturated rings. The molecule has 2 amide bonds. The van der Waals surface area contributed by atoms with E-state index in [0.717, 1.165) is 12.1 Å². The quantitative estimate of drug-likeness (QED) is 0.790. The van der Waals surface area contributed by atoms with Crippen LogP contribution in [0.1, 0.15) is 48.1 Å². The number of hydrogen-bond donors (Lipinski definition) is 0. The van der Waals surface area contributed by atoms with Gasteiger partial charge >= 0.3 is 12.3 Å². The molecule has 1 aliphatic heterocycles. The van der Waals surface area contributed by atoms with Crippen molar-refractivity contribution in [3.05, 3.63) is 35.2 Å². The van der Waals surface area contributed by atoms with Gasteiger partial charge in [0, 0.05) is 5.56 Å². The maximum absolute atomic E-state index is 13.2. The number of halogens is 3. The fourth-order valence-electron chi connectivity index (χ4n) is 2.11. The lowest BCUT2D eigenvalue weighted by Crippen LogP contribution is -2.37. The van der Waals surface area contributed by atoms with Gasteiger partial charge in [-0.25, -0.2) is 14.7 Å². The highest BCUT2D eigenvalue weighted by atomic mass is 19.4. The van der Waals surface area contributed by atoms with Gasteiger partial charge in [-0.3, -0.25) is 4.79 Å². The van der Waals surface area contributed by atoms with Gasteiger partial charge in [-0.1, -0.05) is 6.58 Å². The van der Waals surface area contributed by atoms with Crippen LogP contribution < -0.4 is 0 Å². The molecule has 0 spiro atoms. The number of hydrogen-bond acceptors (Lipinski definition) is 4. The molecule has 0 atom stereocenters. The van der Waals surface area contributed by atoms with Crippen LogP contribution in [0, 0.1) is 0 Å². The molecule has 0 radical (unpaired) electrons. The first-order valence-corrected chi connectivity index (χ1v) is 6.72. The van der Waals surface area contributed by atoms with Crippen molar-refractivity contribution in [2.45, 2.75) is 39.1 Å². The fraction of sp³-hybridized carbons (Fsp3) is 0.400. The number of carbonyl (C=O) groups is 2. The van der Waals surface area contributed by atoms with Gasteiger partial charge in [0.2, 0.25) is 0 Å². The summed E-state index contributed by atoms with van der Waals surface area (Å²) < 4.78 is 44.6. The maximum Gasteiger partial charge on any atom is 0.417 e. The molecule has 1 aromatic heterocycles. The van der Waals surface area contributed by atoms with E-state index in [1.807, 2.05) is 0 Å². The Hall–Kier alpha value is -2.38. The molecular formula is C15H15F3N2O3. The van der Waals surface area contributed by atoms with Crippen LogP contribution in [0.2, 0.25) is 0 Å². The average Bonchev–Trinajstić information content (AvgIpc) is 2.72. The van der Waals surface area contributed by atoms with Crippen LogP contribution in [0.4, 0.5) is 18.0 Å². The first-order chi connectivity index (χ1) is 10.4. The monoisotopic (exact) mass is 328 g/mol. The minimum Gasteiger partial charge on any atom is -0.443 e. The van der Waals surface area contributed by atoms with Crippen molar-refractivity contribution in [3.8, 4) is 0 Å². The zero-order valence-electron chi connectivity index (χ0n) is 12.8. The number of fused-ring (bicyclic) bond motifs is 1. The minimum absolute atomic E-state index is 0.0875. The zero-order chi connectivity index (χ0) is 17.6. The van der Waals surface area contributed by atoms with E-state index in [1.54, 1.807) is 20.8 Å². The third kappa shape index (κ3) is 3.35. The molecule has 5 nitrogen and oxygen atoms in total. The van der Waals surface area contributed by atoms with E-state index in [9.17, 15) is 22.8 Å². The Morgan fingerprint density at radius 2 is 2.00 bits per heavy atom. The molecule has 0 N–H and O–H groups in total. The molecule has 0 aliphatic carbocycles. The number of aromatic nitrogens is 1. The van der Waals surface area contributed by atoms with Crippen LogP contribution >= 0.6 is 0 Å². The number of ether oxygens (including phenoxy) is 1. The first kappa shape index (κ1) is 17.0. The number of amides is 2. The predicted molar refractivity (Wildman–Crippen MR) is 75.4 cm³/mol. The minimum atomic E-state index is -4.67. The van der Waals surface area contributed by atoms with Crippen LogP contribution in [0.5, 0.6) is 0 Å². The Morgan fingerprint density at radius 3 is 2.48 bits per heavy atom. The molecule has 1 aliphatic rings. The predicted octanol–water partition coefficient (Wildman–Crippen LogP) is 3.63. The topological polar surface area (TPSA) is 59.5 Å². The highest BCUT2D eigenvalue weighted by Gasteiger charge is 2.43. The number of pyridine rings is 1. The van der Waals surface area contributed by atoms with Gasteiger partial charge in [0.15, 0.2) is 0 Å². The van der Waals surface area contributed by atoms with Crippen molar-refractivity contribution in [3.63, 3.8) is 0 Å². The molecule has 1 aromatic rings. The second kappa shape index (κ2) is 5.36. The van der Waals surface area contributed by atoms with Crippen LogP contribution in [0.25, 0.3) is 6.08 Å². The summed E-state index contributed by atoms with van der Waals surface area (Å²) in [5.74, 6) is -0.913. The Bertz CT molecular complexity index is 690. The Labute approximate surface area is 130 Å². The van der Waals surface area contributed by atoms with E-state index >= 15 is 0 Å². The summed E-state index contributed by atoms with van der Waals surface area (Å²) in [6.45, 7) is 7.61. The number of imide groups is 1. The van der Waals surface area contributed by atoms with Crippen molar-refractivity contribution < 1.29 is 27.5 Å². The molecule has 8 heteroatoms. The standard InChI is InChI=1S/C15H15F3N2O3/c1-5-8-6-10(15(16,17)18)9-7-20(12(21)11(9)19-8)13(22)23-14(2,3)4/h5-6H,1,7H2,2-4H3. The third-order valence-corrected chi connectivity index (χ3v) is 3.04. The molecule has 124 valence electrons. The molecule has 23 heavy (non-hydrogen) atoms. The summed E-state index contributed by atoms with van der Waals surface area (Å²) in [5.41, 5.74) is -2.70. The molecule has 2 rings (SSSR count). The second-order valence-corrected chi connectivity index (χ2v) is 6.00.